The van der Waals surface area contributed by atoms with Crippen molar-refractivity contribution >= 4 is 45.0 Å². The van der Waals surface area contributed by atoms with Crippen LogP contribution in [0.3, 0.4) is 0 Å². The van der Waals surface area contributed by atoms with Crippen LogP contribution in [0.1, 0.15) is 35.4 Å². The van der Waals surface area contributed by atoms with E-state index in [9.17, 15) is 14.4 Å². The van der Waals surface area contributed by atoms with Crippen LogP contribution in [0.4, 0.5) is 0 Å². The fourth-order valence-corrected chi connectivity index (χ4v) is 4.00. The SMILES string of the molecule is Cc1cc(Br)cc(C)c1C1C(=O)CC(CC(=O)NC/C=C/Cl)C1=O. The Kier molecular flexibility index (Phi) is 6.35. The number of Topliss-reactive ketones (excluding diaryl/α,β-unsaturated/α-hetero) is 2. The average molecular weight is 413 g/mol. The highest BCUT2D eigenvalue weighted by Crippen LogP contribution is 2.37. The Morgan fingerprint density at radius 3 is 2.54 bits per heavy atom. The number of hydrogen-bond acceptors (Lipinski definition) is 3. The maximum atomic E-state index is 12.7. The van der Waals surface area contributed by atoms with Gasteiger partial charge in [0.1, 0.15) is 11.7 Å². The number of ketones is 2. The molecule has 0 radical (unpaired) electrons. The van der Waals surface area contributed by atoms with E-state index in [0.29, 0.717) is 6.54 Å². The number of rotatable bonds is 5. The average Bonchev–Trinajstić information content (AvgIpc) is 2.74. The number of benzene rings is 1. The molecule has 0 heterocycles. The first-order valence-corrected chi connectivity index (χ1v) is 8.93. The van der Waals surface area contributed by atoms with Crippen molar-refractivity contribution < 1.29 is 14.4 Å². The molecule has 1 fully saturated rings. The first-order valence-electron chi connectivity index (χ1n) is 7.70. The second-order valence-corrected chi connectivity index (χ2v) is 7.19. The zero-order valence-electron chi connectivity index (χ0n) is 13.6. The van der Waals surface area contributed by atoms with Crippen molar-refractivity contribution in [1.29, 1.82) is 0 Å². The van der Waals surface area contributed by atoms with E-state index in [4.69, 9.17) is 11.6 Å². The van der Waals surface area contributed by atoms with Gasteiger partial charge in [-0.15, -0.1) is 0 Å². The zero-order valence-corrected chi connectivity index (χ0v) is 15.9. The summed E-state index contributed by atoms with van der Waals surface area (Å²) in [5.74, 6) is -1.81. The number of nitrogens with one attached hydrogen (secondary N) is 1. The number of aryl methyl sites for hydroxylation is 2. The van der Waals surface area contributed by atoms with Crippen molar-refractivity contribution in [3.8, 4) is 0 Å². The summed E-state index contributed by atoms with van der Waals surface area (Å²) < 4.78 is 0.919. The molecular weight excluding hydrogens is 394 g/mol. The second-order valence-electron chi connectivity index (χ2n) is 6.03. The van der Waals surface area contributed by atoms with E-state index < -0.39 is 11.8 Å². The monoisotopic (exact) mass is 411 g/mol. The van der Waals surface area contributed by atoms with Gasteiger partial charge in [-0.2, -0.15) is 0 Å². The molecule has 0 bridgehead atoms. The maximum Gasteiger partial charge on any atom is 0.220 e. The molecule has 1 aromatic carbocycles. The van der Waals surface area contributed by atoms with Crippen molar-refractivity contribution in [1.82, 2.24) is 5.32 Å². The quantitative estimate of drug-likeness (QED) is 0.752. The van der Waals surface area contributed by atoms with Crippen molar-refractivity contribution in [2.75, 3.05) is 6.54 Å². The van der Waals surface area contributed by atoms with Crippen LogP contribution in [-0.4, -0.2) is 24.0 Å². The van der Waals surface area contributed by atoms with Gasteiger partial charge in [0.25, 0.3) is 0 Å². The number of amides is 1. The zero-order chi connectivity index (χ0) is 17.9. The van der Waals surface area contributed by atoms with Gasteiger partial charge in [0.2, 0.25) is 5.91 Å². The summed E-state index contributed by atoms with van der Waals surface area (Å²) in [7, 11) is 0. The normalized spacial score (nSPS) is 20.8. The minimum Gasteiger partial charge on any atom is -0.353 e. The molecule has 1 aliphatic rings. The molecule has 2 rings (SSSR count). The topological polar surface area (TPSA) is 63.2 Å². The van der Waals surface area contributed by atoms with Gasteiger partial charge in [0.05, 0.1) is 0 Å². The molecule has 1 N–H and O–H groups in total. The van der Waals surface area contributed by atoms with Crippen LogP contribution in [-0.2, 0) is 14.4 Å². The third kappa shape index (κ3) is 4.14. The minimum absolute atomic E-state index is 0.0336. The van der Waals surface area contributed by atoms with Crippen LogP contribution in [0.15, 0.2) is 28.2 Å². The summed E-state index contributed by atoms with van der Waals surface area (Å²) in [6.45, 7) is 4.10. The summed E-state index contributed by atoms with van der Waals surface area (Å²) in [4.78, 5) is 37.0. The molecule has 4 nitrogen and oxygen atoms in total. The molecular formula is C18H19BrClNO3. The first kappa shape index (κ1) is 18.9. The van der Waals surface area contributed by atoms with Crippen LogP contribution in [0.5, 0.6) is 0 Å². The highest BCUT2D eigenvalue weighted by molar-refractivity contribution is 9.10. The van der Waals surface area contributed by atoms with E-state index in [0.717, 1.165) is 21.2 Å². The fourth-order valence-electron chi connectivity index (χ4n) is 3.22. The Balaban J connectivity index is 2.16. The van der Waals surface area contributed by atoms with Crippen LogP contribution in [0.25, 0.3) is 0 Å². The Bertz CT molecular complexity index is 691. The third-order valence-corrected chi connectivity index (χ3v) is 4.88. The molecule has 6 heteroatoms. The smallest absolute Gasteiger partial charge is 0.220 e. The lowest BCUT2D eigenvalue weighted by atomic mass is 9.87. The van der Waals surface area contributed by atoms with Crippen LogP contribution >= 0.6 is 27.5 Å². The Hall–Kier alpha value is -1.46. The Labute approximate surface area is 154 Å². The van der Waals surface area contributed by atoms with Crippen molar-refractivity contribution in [2.45, 2.75) is 32.6 Å². The van der Waals surface area contributed by atoms with Crippen molar-refractivity contribution in [2.24, 2.45) is 5.92 Å². The van der Waals surface area contributed by atoms with E-state index >= 15 is 0 Å². The number of hydrogen-bond donors (Lipinski definition) is 1. The van der Waals surface area contributed by atoms with E-state index in [1.807, 2.05) is 26.0 Å². The lowest BCUT2D eigenvalue weighted by Crippen LogP contribution is -2.27. The van der Waals surface area contributed by atoms with Gasteiger partial charge in [0.15, 0.2) is 5.78 Å². The molecule has 0 aliphatic heterocycles. The van der Waals surface area contributed by atoms with Gasteiger partial charge in [-0.25, -0.2) is 0 Å². The number of carbonyl (C=O) groups excluding carboxylic acids is 3. The molecule has 1 saturated carbocycles. The van der Waals surface area contributed by atoms with Crippen molar-refractivity contribution in [3.63, 3.8) is 0 Å². The van der Waals surface area contributed by atoms with E-state index in [1.165, 1.54) is 5.54 Å². The van der Waals surface area contributed by atoms with E-state index in [2.05, 4.69) is 21.2 Å². The van der Waals surface area contributed by atoms with Crippen LogP contribution < -0.4 is 5.32 Å². The standard InChI is InChI=1S/C18H19BrClNO3/c1-10-6-13(19)7-11(2)16(10)17-14(22)8-12(18(17)24)9-15(23)21-5-3-4-20/h3-4,6-7,12,17H,5,8-9H2,1-2H3,(H,21,23)/b4-3+. The molecule has 2 atom stereocenters. The number of halogens is 2. The van der Waals surface area contributed by atoms with Gasteiger partial charge >= 0.3 is 0 Å². The summed E-state index contributed by atoms with van der Waals surface area (Å²) in [5.41, 5.74) is 3.91. The molecule has 2 unspecified atom stereocenters. The summed E-state index contributed by atoms with van der Waals surface area (Å²) in [5, 5.41) is 2.65. The van der Waals surface area contributed by atoms with E-state index in [1.54, 1.807) is 6.08 Å². The van der Waals surface area contributed by atoms with Crippen LogP contribution in [0, 0.1) is 19.8 Å². The Morgan fingerprint density at radius 1 is 1.33 bits per heavy atom. The largest absolute Gasteiger partial charge is 0.353 e. The van der Waals surface area contributed by atoms with Crippen LogP contribution in [0.2, 0.25) is 0 Å². The predicted molar refractivity (Wildman–Crippen MR) is 97.1 cm³/mol. The highest BCUT2D eigenvalue weighted by atomic mass is 79.9. The highest BCUT2D eigenvalue weighted by Gasteiger charge is 2.43. The summed E-state index contributed by atoms with van der Waals surface area (Å²) in [6.07, 6.45) is 1.75. The molecule has 1 aromatic rings. The van der Waals surface area contributed by atoms with E-state index in [-0.39, 0.29) is 30.3 Å². The first-order chi connectivity index (χ1) is 11.3. The maximum absolute atomic E-state index is 12.7. The lowest BCUT2D eigenvalue weighted by Gasteiger charge is -2.16. The molecule has 0 aromatic heterocycles. The molecule has 24 heavy (non-hydrogen) atoms. The van der Waals surface area contributed by atoms with Gasteiger partial charge in [-0.05, 0) is 42.7 Å². The van der Waals surface area contributed by atoms with Gasteiger partial charge < -0.3 is 5.32 Å². The van der Waals surface area contributed by atoms with Gasteiger partial charge in [-0.1, -0.05) is 33.6 Å². The predicted octanol–water partition coefficient (Wildman–Crippen LogP) is 3.57. The minimum atomic E-state index is -0.751. The molecule has 1 aliphatic carbocycles. The molecule has 0 saturated heterocycles. The fraction of sp³-hybridized carbons (Fsp3) is 0.389. The van der Waals surface area contributed by atoms with Gasteiger partial charge in [-0.3, -0.25) is 14.4 Å². The molecule has 128 valence electrons. The number of carbonyl (C=O) groups is 3. The molecule has 1 amide bonds. The Morgan fingerprint density at radius 2 is 1.96 bits per heavy atom. The molecule has 0 spiro atoms. The van der Waals surface area contributed by atoms with Crippen molar-refractivity contribution in [3.05, 3.63) is 44.9 Å². The summed E-state index contributed by atoms with van der Waals surface area (Å²) in [6, 6.07) is 3.81. The second kappa shape index (κ2) is 8.08. The lowest BCUT2D eigenvalue weighted by molar-refractivity contribution is -0.128. The summed E-state index contributed by atoms with van der Waals surface area (Å²) >= 11 is 8.81. The van der Waals surface area contributed by atoms with Gasteiger partial charge in [0, 0.05) is 35.3 Å². The third-order valence-electron chi connectivity index (χ3n) is 4.24.